The number of anilines is 1. The predicted octanol–water partition coefficient (Wildman–Crippen LogP) is 2.53. The van der Waals surface area contributed by atoms with Crippen LogP contribution in [0.3, 0.4) is 0 Å². The summed E-state index contributed by atoms with van der Waals surface area (Å²) < 4.78 is 5.17. The fourth-order valence-electron chi connectivity index (χ4n) is 2.44. The molecule has 0 spiro atoms. The largest absolute Gasteiger partial charge is 0.478 e. The molecule has 118 valence electrons. The maximum absolute atomic E-state index is 11.6. The van der Waals surface area contributed by atoms with Crippen molar-refractivity contribution in [2.75, 3.05) is 19.0 Å². The summed E-state index contributed by atoms with van der Waals surface area (Å²) in [4.78, 5) is 11.6. The molecule has 0 aliphatic rings. The fourth-order valence-corrected chi connectivity index (χ4v) is 2.44. The standard InChI is InChI=1S/C15H25N3O3/c1-5-8-10(9-21-4)16-14-13(15(19)20)11(6-2)12(7-3)17-18-14/h10H,5-9H2,1-4H3,(H,16,18)(H,19,20). The molecule has 0 aliphatic heterocycles. The van der Waals surface area contributed by atoms with Crippen molar-refractivity contribution in [2.45, 2.75) is 52.5 Å². The molecule has 1 atom stereocenters. The minimum atomic E-state index is -0.966. The van der Waals surface area contributed by atoms with Crippen LogP contribution in [0.1, 0.15) is 55.2 Å². The summed E-state index contributed by atoms with van der Waals surface area (Å²) in [6.07, 6.45) is 3.15. The van der Waals surface area contributed by atoms with Gasteiger partial charge in [-0.1, -0.05) is 27.2 Å². The molecule has 0 radical (unpaired) electrons. The SMILES string of the molecule is CCCC(COC)Nc1nnc(CC)c(CC)c1C(=O)O. The number of aromatic carboxylic acids is 1. The number of carboxylic acids is 1. The van der Waals surface area contributed by atoms with E-state index in [0.717, 1.165) is 24.1 Å². The molecule has 6 nitrogen and oxygen atoms in total. The molecule has 0 saturated carbocycles. The average Bonchev–Trinajstić information content (AvgIpc) is 2.46. The van der Waals surface area contributed by atoms with Crippen LogP contribution in [-0.2, 0) is 17.6 Å². The zero-order chi connectivity index (χ0) is 15.8. The average molecular weight is 295 g/mol. The van der Waals surface area contributed by atoms with Crippen molar-refractivity contribution in [1.82, 2.24) is 10.2 Å². The summed E-state index contributed by atoms with van der Waals surface area (Å²) in [5.74, 6) is -0.626. The van der Waals surface area contributed by atoms with Crippen molar-refractivity contribution >= 4 is 11.8 Å². The second-order valence-electron chi connectivity index (χ2n) is 4.95. The van der Waals surface area contributed by atoms with Gasteiger partial charge in [-0.15, -0.1) is 5.10 Å². The molecular weight excluding hydrogens is 270 g/mol. The summed E-state index contributed by atoms with van der Waals surface area (Å²) in [5, 5.41) is 21.0. The van der Waals surface area contributed by atoms with Gasteiger partial charge in [0.15, 0.2) is 5.82 Å². The van der Waals surface area contributed by atoms with Gasteiger partial charge in [-0.05, 0) is 24.8 Å². The predicted molar refractivity (Wildman–Crippen MR) is 81.9 cm³/mol. The third-order valence-electron chi connectivity index (χ3n) is 3.41. The molecule has 1 rings (SSSR count). The molecule has 0 saturated heterocycles. The molecule has 1 unspecified atom stereocenters. The number of rotatable bonds is 9. The molecular formula is C15H25N3O3. The Kier molecular flexibility index (Phi) is 7.08. The number of nitrogens with zero attached hydrogens (tertiary/aromatic N) is 2. The molecule has 1 aromatic rings. The Hall–Kier alpha value is -1.69. The van der Waals surface area contributed by atoms with Crippen molar-refractivity contribution in [1.29, 1.82) is 0 Å². The van der Waals surface area contributed by atoms with Gasteiger partial charge in [-0.3, -0.25) is 0 Å². The number of carbonyl (C=O) groups is 1. The molecule has 1 aromatic heterocycles. The van der Waals surface area contributed by atoms with Crippen LogP contribution in [0.15, 0.2) is 0 Å². The van der Waals surface area contributed by atoms with E-state index in [1.54, 1.807) is 7.11 Å². The molecule has 21 heavy (non-hydrogen) atoms. The van der Waals surface area contributed by atoms with E-state index in [9.17, 15) is 9.90 Å². The van der Waals surface area contributed by atoms with Gasteiger partial charge in [0.25, 0.3) is 0 Å². The van der Waals surface area contributed by atoms with Crippen LogP contribution in [0.4, 0.5) is 5.82 Å². The van der Waals surface area contributed by atoms with E-state index in [2.05, 4.69) is 22.4 Å². The summed E-state index contributed by atoms with van der Waals surface area (Å²) >= 11 is 0. The van der Waals surface area contributed by atoms with Crippen molar-refractivity contribution < 1.29 is 14.6 Å². The zero-order valence-corrected chi connectivity index (χ0v) is 13.3. The minimum Gasteiger partial charge on any atom is -0.478 e. The van der Waals surface area contributed by atoms with Gasteiger partial charge in [0.2, 0.25) is 0 Å². The molecule has 0 bridgehead atoms. The zero-order valence-electron chi connectivity index (χ0n) is 13.3. The van der Waals surface area contributed by atoms with Crippen molar-refractivity contribution in [3.05, 3.63) is 16.8 Å². The van der Waals surface area contributed by atoms with Crippen LogP contribution in [0.2, 0.25) is 0 Å². The smallest absolute Gasteiger partial charge is 0.339 e. The first-order valence-corrected chi connectivity index (χ1v) is 7.46. The summed E-state index contributed by atoms with van der Waals surface area (Å²) in [6, 6.07) is 0.0320. The molecule has 2 N–H and O–H groups in total. The van der Waals surface area contributed by atoms with Gasteiger partial charge in [0.05, 0.1) is 18.3 Å². The Morgan fingerprint density at radius 1 is 1.29 bits per heavy atom. The van der Waals surface area contributed by atoms with Crippen molar-refractivity contribution in [2.24, 2.45) is 0 Å². The first kappa shape index (κ1) is 17.4. The normalized spacial score (nSPS) is 12.2. The minimum absolute atomic E-state index is 0.0320. The molecule has 0 aromatic carbocycles. The Morgan fingerprint density at radius 3 is 2.48 bits per heavy atom. The van der Waals surface area contributed by atoms with Gasteiger partial charge in [0.1, 0.15) is 5.56 Å². The van der Waals surface area contributed by atoms with Gasteiger partial charge < -0.3 is 15.2 Å². The highest BCUT2D eigenvalue weighted by atomic mass is 16.5. The van der Waals surface area contributed by atoms with E-state index in [1.807, 2.05) is 13.8 Å². The number of methoxy groups -OCH3 is 1. The Balaban J connectivity index is 3.19. The van der Waals surface area contributed by atoms with Crippen LogP contribution in [0, 0.1) is 0 Å². The number of carboxylic acid groups (broad SMARTS) is 1. The number of hydrogen-bond acceptors (Lipinski definition) is 5. The number of aromatic nitrogens is 2. The van der Waals surface area contributed by atoms with Crippen LogP contribution in [-0.4, -0.2) is 41.0 Å². The lowest BCUT2D eigenvalue weighted by Gasteiger charge is -2.20. The van der Waals surface area contributed by atoms with Crippen LogP contribution >= 0.6 is 0 Å². The van der Waals surface area contributed by atoms with Crippen LogP contribution in [0.5, 0.6) is 0 Å². The lowest BCUT2D eigenvalue weighted by atomic mass is 10.0. The molecule has 1 heterocycles. The van der Waals surface area contributed by atoms with Crippen LogP contribution in [0.25, 0.3) is 0 Å². The van der Waals surface area contributed by atoms with E-state index in [1.165, 1.54) is 0 Å². The third-order valence-corrected chi connectivity index (χ3v) is 3.41. The molecule has 0 amide bonds. The maximum atomic E-state index is 11.6. The van der Waals surface area contributed by atoms with Crippen molar-refractivity contribution in [3.63, 3.8) is 0 Å². The topological polar surface area (TPSA) is 84.3 Å². The summed E-state index contributed by atoms with van der Waals surface area (Å²) in [6.45, 7) is 6.47. The number of nitrogens with one attached hydrogen (secondary N) is 1. The fraction of sp³-hybridized carbons (Fsp3) is 0.667. The quantitative estimate of drug-likeness (QED) is 0.728. The van der Waals surface area contributed by atoms with Gasteiger partial charge in [-0.25, -0.2) is 4.79 Å². The van der Waals surface area contributed by atoms with Crippen molar-refractivity contribution in [3.8, 4) is 0 Å². The molecule has 0 aliphatic carbocycles. The highest BCUT2D eigenvalue weighted by molar-refractivity contribution is 5.95. The lowest BCUT2D eigenvalue weighted by Crippen LogP contribution is -2.27. The Morgan fingerprint density at radius 2 is 2.00 bits per heavy atom. The first-order valence-electron chi connectivity index (χ1n) is 7.46. The second-order valence-corrected chi connectivity index (χ2v) is 4.95. The van der Waals surface area contributed by atoms with E-state index in [4.69, 9.17) is 4.74 Å². The van der Waals surface area contributed by atoms with Gasteiger partial charge in [0, 0.05) is 7.11 Å². The van der Waals surface area contributed by atoms with Crippen LogP contribution < -0.4 is 5.32 Å². The summed E-state index contributed by atoms with van der Waals surface area (Å²) in [7, 11) is 1.63. The van der Waals surface area contributed by atoms with E-state index < -0.39 is 5.97 Å². The van der Waals surface area contributed by atoms with Gasteiger partial charge >= 0.3 is 5.97 Å². The number of aryl methyl sites for hydroxylation is 1. The lowest BCUT2D eigenvalue weighted by molar-refractivity contribution is 0.0695. The second kappa shape index (κ2) is 8.56. The van der Waals surface area contributed by atoms with Gasteiger partial charge in [-0.2, -0.15) is 5.10 Å². The number of hydrogen-bond donors (Lipinski definition) is 2. The highest BCUT2D eigenvalue weighted by Crippen LogP contribution is 2.22. The monoisotopic (exact) mass is 295 g/mol. The first-order chi connectivity index (χ1) is 10.1. The highest BCUT2D eigenvalue weighted by Gasteiger charge is 2.22. The summed E-state index contributed by atoms with van der Waals surface area (Å²) in [5.41, 5.74) is 1.75. The Labute approximate surface area is 125 Å². The number of ether oxygens (including phenoxy) is 1. The molecule has 0 fully saturated rings. The molecule has 6 heteroatoms. The maximum Gasteiger partial charge on any atom is 0.339 e. The van der Waals surface area contributed by atoms with E-state index >= 15 is 0 Å². The third kappa shape index (κ3) is 4.39. The van der Waals surface area contributed by atoms with E-state index in [0.29, 0.717) is 25.3 Å². The van der Waals surface area contributed by atoms with E-state index in [-0.39, 0.29) is 11.6 Å². The Bertz CT molecular complexity index is 471.